The molecule has 4 saturated heterocycles. The Morgan fingerprint density at radius 3 is 2.69 bits per heavy atom. The van der Waals surface area contributed by atoms with E-state index in [0.717, 1.165) is 48.3 Å². The summed E-state index contributed by atoms with van der Waals surface area (Å²) in [6, 6.07) is 13.4. The van der Waals surface area contributed by atoms with Crippen LogP contribution < -0.4 is 0 Å². The second-order valence-corrected chi connectivity index (χ2v) is 10.6. The quantitative estimate of drug-likeness (QED) is 0.612. The lowest BCUT2D eigenvalue weighted by Gasteiger charge is -2.58. The van der Waals surface area contributed by atoms with E-state index in [2.05, 4.69) is 50.9 Å². The summed E-state index contributed by atoms with van der Waals surface area (Å²) in [6.07, 6.45) is 11.5. The Balaban J connectivity index is 1.23. The molecule has 1 aromatic heterocycles. The van der Waals surface area contributed by atoms with Crippen molar-refractivity contribution in [2.45, 2.75) is 57.2 Å². The molecule has 168 valence electrons. The molecule has 4 aliphatic rings. The van der Waals surface area contributed by atoms with Crippen LogP contribution in [0.1, 0.15) is 49.8 Å². The first-order chi connectivity index (χ1) is 15.7. The fraction of sp³-hybridized carbons (Fsp3) is 0.519. The summed E-state index contributed by atoms with van der Waals surface area (Å²) in [5, 5.41) is 0.758. The van der Waals surface area contributed by atoms with Crippen molar-refractivity contribution >= 4 is 23.6 Å². The molecule has 0 spiro atoms. The first kappa shape index (κ1) is 20.6. The third kappa shape index (κ3) is 3.62. The Kier molecular flexibility index (Phi) is 5.39. The molecule has 4 atom stereocenters. The molecule has 6 rings (SSSR count). The van der Waals surface area contributed by atoms with Gasteiger partial charge < -0.3 is 9.47 Å². The lowest BCUT2D eigenvalue weighted by atomic mass is 9.67. The van der Waals surface area contributed by atoms with Crippen LogP contribution in [0.3, 0.4) is 0 Å². The number of hydrogen-bond donors (Lipinski definition) is 0. The predicted octanol–water partition coefficient (Wildman–Crippen LogP) is 5.07. The average Bonchev–Trinajstić information content (AvgIpc) is 3.24. The summed E-state index contributed by atoms with van der Waals surface area (Å²) < 4.78 is 2.22. The second kappa shape index (κ2) is 8.39. The van der Waals surface area contributed by atoms with E-state index >= 15 is 0 Å². The molecular formula is C27H32ClN3O. The molecule has 0 saturated carbocycles. The van der Waals surface area contributed by atoms with E-state index in [0.29, 0.717) is 23.8 Å². The number of halogens is 1. The number of piperidine rings is 4. The van der Waals surface area contributed by atoms with E-state index in [1.165, 1.54) is 44.3 Å². The molecule has 1 amide bonds. The number of carbonyl (C=O) groups is 1. The fourth-order valence-electron chi connectivity index (χ4n) is 6.99. The van der Waals surface area contributed by atoms with Gasteiger partial charge >= 0.3 is 0 Å². The number of nitrogens with zero attached hydrogens (tertiary/aromatic N) is 3. The first-order valence-electron chi connectivity index (χ1n) is 12.3. The zero-order valence-corrected chi connectivity index (χ0v) is 19.4. The number of hydrogen-bond acceptors (Lipinski definition) is 2. The molecule has 0 bridgehead atoms. The molecule has 4 fully saturated rings. The van der Waals surface area contributed by atoms with Crippen molar-refractivity contribution in [3.63, 3.8) is 0 Å². The minimum absolute atomic E-state index is 0.293. The van der Waals surface area contributed by atoms with Crippen LogP contribution in [0.15, 0.2) is 48.2 Å². The molecule has 0 N–H and O–H groups in total. The third-order valence-electron chi connectivity index (χ3n) is 8.37. The van der Waals surface area contributed by atoms with E-state index in [4.69, 9.17) is 11.6 Å². The maximum absolute atomic E-state index is 13.6. The van der Waals surface area contributed by atoms with Crippen molar-refractivity contribution in [1.29, 1.82) is 0 Å². The standard InChI is InChI=1S/C27H32ClN3O/c28-22-10-7-19(8-11-22)17-30-15-2-5-23(30)16-20-9-12-25-24-6-3-14-29-13-1-4-21(26(24)29)18-31(25)27(20)32/h2,5,7-8,10-11,15-16,21,24-26H,1,3-4,6,9,12-14,17-18H2/b20-16+/t21-,24-,25-,26+/m1/s1. The van der Waals surface area contributed by atoms with Gasteiger partial charge in [0, 0.05) is 47.7 Å². The number of rotatable bonds is 3. The van der Waals surface area contributed by atoms with Gasteiger partial charge in [-0.2, -0.15) is 0 Å². The fourth-order valence-corrected chi connectivity index (χ4v) is 7.12. The Morgan fingerprint density at radius 1 is 1.03 bits per heavy atom. The highest BCUT2D eigenvalue weighted by Gasteiger charge is 2.51. The van der Waals surface area contributed by atoms with Crippen molar-refractivity contribution < 1.29 is 4.79 Å². The highest BCUT2D eigenvalue weighted by molar-refractivity contribution is 6.30. The average molecular weight is 450 g/mol. The van der Waals surface area contributed by atoms with Crippen LogP contribution in [0.4, 0.5) is 0 Å². The molecule has 4 nitrogen and oxygen atoms in total. The minimum atomic E-state index is 0.293. The molecule has 2 aromatic rings. The summed E-state index contributed by atoms with van der Waals surface area (Å²) in [5.74, 6) is 1.64. The van der Waals surface area contributed by atoms with Crippen LogP contribution in [0, 0.1) is 11.8 Å². The molecule has 0 unspecified atom stereocenters. The number of amides is 1. The molecule has 0 aliphatic carbocycles. The van der Waals surface area contributed by atoms with Gasteiger partial charge in [0.2, 0.25) is 5.91 Å². The predicted molar refractivity (Wildman–Crippen MR) is 129 cm³/mol. The van der Waals surface area contributed by atoms with Crippen LogP contribution in [0.5, 0.6) is 0 Å². The maximum atomic E-state index is 13.6. The zero-order valence-electron chi connectivity index (χ0n) is 18.6. The van der Waals surface area contributed by atoms with Crippen LogP contribution in [0.25, 0.3) is 6.08 Å². The van der Waals surface area contributed by atoms with E-state index in [-0.39, 0.29) is 0 Å². The summed E-state index contributed by atoms with van der Waals surface area (Å²) in [5.41, 5.74) is 3.30. The van der Waals surface area contributed by atoms with Gasteiger partial charge in [0.05, 0.1) is 0 Å². The van der Waals surface area contributed by atoms with Gasteiger partial charge in [-0.1, -0.05) is 23.7 Å². The van der Waals surface area contributed by atoms with Gasteiger partial charge in [-0.25, -0.2) is 0 Å². The Bertz CT molecular complexity index is 1020. The molecule has 5 heteroatoms. The third-order valence-corrected chi connectivity index (χ3v) is 8.62. The van der Waals surface area contributed by atoms with E-state index in [1.807, 2.05) is 12.1 Å². The summed E-state index contributed by atoms with van der Waals surface area (Å²) in [6.45, 7) is 4.29. The van der Waals surface area contributed by atoms with Crippen molar-refractivity contribution in [2.75, 3.05) is 19.6 Å². The first-order valence-corrected chi connectivity index (χ1v) is 12.7. The van der Waals surface area contributed by atoms with Gasteiger partial charge in [0.15, 0.2) is 0 Å². The monoisotopic (exact) mass is 449 g/mol. The summed E-state index contributed by atoms with van der Waals surface area (Å²) in [7, 11) is 0. The smallest absolute Gasteiger partial charge is 0.250 e. The Labute approximate surface area is 195 Å². The highest BCUT2D eigenvalue weighted by Crippen LogP contribution is 2.45. The lowest BCUT2D eigenvalue weighted by molar-refractivity contribution is -0.145. The molecule has 32 heavy (non-hydrogen) atoms. The van der Waals surface area contributed by atoms with Gasteiger partial charge in [0.1, 0.15) is 0 Å². The van der Waals surface area contributed by atoms with E-state index in [9.17, 15) is 4.79 Å². The van der Waals surface area contributed by atoms with Crippen molar-refractivity contribution in [1.82, 2.24) is 14.4 Å². The zero-order chi connectivity index (χ0) is 21.7. The highest BCUT2D eigenvalue weighted by atomic mass is 35.5. The molecule has 4 aliphatic heterocycles. The van der Waals surface area contributed by atoms with Crippen LogP contribution in [0.2, 0.25) is 5.02 Å². The number of fused-ring (bicyclic) bond motifs is 2. The lowest BCUT2D eigenvalue weighted by Crippen LogP contribution is -2.66. The molecule has 1 aromatic carbocycles. The largest absolute Gasteiger partial charge is 0.344 e. The molecule has 5 heterocycles. The van der Waals surface area contributed by atoms with Gasteiger partial charge in [-0.05, 0) is 99.4 Å². The van der Waals surface area contributed by atoms with Crippen molar-refractivity contribution in [3.8, 4) is 0 Å². The van der Waals surface area contributed by atoms with Crippen molar-refractivity contribution in [2.24, 2.45) is 11.8 Å². The molecule has 0 radical (unpaired) electrons. The maximum Gasteiger partial charge on any atom is 0.250 e. The number of benzene rings is 1. The number of aromatic nitrogens is 1. The van der Waals surface area contributed by atoms with Crippen LogP contribution in [-0.2, 0) is 11.3 Å². The van der Waals surface area contributed by atoms with Crippen LogP contribution in [-0.4, -0.2) is 52.0 Å². The van der Waals surface area contributed by atoms with Crippen molar-refractivity contribution in [3.05, 3.63) is 64.4 Å². The molecular weight excluding hydrogens is 418 g/mol. The summed E-state index contributed by atoms with van der Waals surface area (Å²) in [4.78, 5) is 18.7. The van der Waals surface area contributed by atoms with Gasteiger partial charge in [0.25, 0.3) is 0 Å². The van der Waals surface area contributed by atoms with Gasteiger partial charge in [-0.15, -0.1) is 0 Å². The topological polar surface area (TPSA) is 28.5 Å². The van der Waals surface area contributed by atoms with Crippen LogP contribution >= 0.6 is 11.6 Å². The van der Waals surface area contributed by atoms with E-state index < -0.39 is 0 Å². The number of carbonyl (C=O) groups excluding carboxylic acids is 1. The summed E-state index contributed by atoms with van der Waals surface area (Å²) >= 11 is 6.04. The van der Waals surface area contributed by atoms with Gasteiger partial charge in [-0.3, -0.25) is 9.69 Å². The van der Waals surface area contributed by atoms with E-state index in [1.54, 1.807) is 0 Å². The minimum Gasteiger partial charge on any atom is -0.344 e. The SMILES string of the molecule is O=C1/C(=C/c2cccn2Cc2ccc(Cl)cc2)CC[C@@H]2[C@H]3CCCN4CCC[C@H](CN12)[C@@H]34. The second-order valence-electron chi connectivity index (χ2n) is 10.2. The Morgan fingerprint density at radius 2 is 1.84 bits per heavy atom. The Hall–Kier alpha value is -2.04. The normalized spacial score (nSPS) is 31.5.